The molecule has 0 spiro atoms. The molecule has 1 aliphatic heterocycles. The Kier molecular flexibility index (Phi) is 4.15. The molecule has 3 nitrogen and oxygen atoms in total. The first-order chi connectivity index (χ1) is 8.68. The molecule has 2 rings (SSSR count). The number of carbonyl (C=O) groups excluding carboxylic acids is 1. The lowest BCUT2D eigenvalue weighted by molar-refractivity contribution is -0.117. The zero-order valence-corrected chi connectivity index (χ0v) is 11.0. The Hall–Kier alpha value is -1.61. The van der Waals surface area contributed by atoms with Gasteiger partial charge in [0, 0.05) is 25.2 Å². The van der Waals surface area contributed by atoms with Crippen molar-refractivity contribution in [1.82, 2.24) is 10.6 Å². The van der Waals surface area contributed by atoms with Gasteiger partial charge in [0.25, 0.3) is 0 Å². The van der Waals surface area contributed by atoms with Crippen LogP contribution in [0.25, 0.3) is 0 Å². The van der Waals surface area contributed by atoms with Gasteiger partial charge in [0.05, 0.1) is 0 Å². The van der Waals surface area contributed by atoms with E-state index < -0.39 is 0 Å². The van der Waals surface area contributed by atoms with Crippen LogP contribution >= 0.6 is 0 Å². The highest BCUT2D eigenvalue weighted by Crippen LogP contribution is 2.14. The Morgan fingerprint density at radius 2 is 2.00 bits per heavy atom. The zero-order valence-electron chi connectivity index (χ0n) is 11.0. The van der Waals surface area contributed by atoms with Crippen LogP contribution in [0.5, 0.6) is 0 Å². The standard InChI is InChI=1S/C15H20N2O/c1-11(13-6-4-3-5-7-13)8-17-15(18)12(2)14-9-16-10-14/h3-7,11,16H,8-10H2,1-2H3,(H,17,18). The molecule has 1 amide bonds. The van der Waals surface area contributed by atoms with Gasteiger partial charge in [0.2, 0.25) is 5.91 Å². The fourth-order valence-corrected chi connectivity index (χ4v) is 1.95. The second-order valence-electron chi connectivity index (χ2n) is 4.85. The van der Waals surface area contributed by atoms with Gasteiger partial charge in [-0.2, -0.15) is 0 Å². The van der Waals surface area contributed by atoms with Gasteiger partial charge in [0.1, 0.15) is 0 Å². The number of benzene rings is 1. The van der Waals surface area contributed by atoms with Crippen LogP contribution in [0.1, 0.15) is 25.3 Å². The molecule has 0 aliphatic carbocycles. The van der Waals surface area contributed by atoms with Crippen LogP contribution in [-0.2, 0) is 4.79 Å². The van der Waals surface area contributed by atoms with Crippen molar-refractivity contribution in [3.05, 3.63) is 47.0 Å². The minimum Gasteiger partial charge on any atom is -0.352 e. The summed E-state index contributed by atoms with van der Waals surface area (Å²) in [6.07, 6.45) is 0. The van der Waals surface area contributed by atoms with Crippen molar-refractivity contribution in [3.8, 4) is 0 Å². The zero-order chi connectivity index (χ0) is 13.0. The number of nitrogens with one attached hydrogen (secondary N) is 2. The lowest BCUT2D eigenvalue weighted by Gasteiger charge is -2.22. The van der Waals surface area contributed by atoms with Crippen molar-refractivity contribution in [2.24, 2.45) is 0 Å². The molecule has 0 aromatic heterocycles. The third-order valence-electron chi connectivity index (χ3n) is 3.49. The van der Waals surface area contributed by atoms with Gasteiger partial charge in [0.15, 0.2) is 0 Å². The van der Waals surface area contributed by atoms with Gasteiger partial charge in [-0.3, -0.25) is 4.79 Å². The molecule has 2 N–H and O–H groups in total. The van der Waals surface area contributed by atoms with E-state index in [2.05, 4.69) is 29.7 Å². The van der Waals surface area contributed by atoms with E-state index in [0.29, 0.717) is 12.5 Å². The molecular weight excluding hydrogens is 224 g/mol. The predicted molar refractivity (Wildman–Crippen MR) is 73.4 cm³/mol. The summed E-state index contributed by atoms with van der Waals surface area (Å²) >= 11 is 0. The Bertz CT molecular complexity index is 445. The van der Waals surface area contributed by atoms with E-state index in [1.807, 2.05) is 25.1 Å². The monoisotopic (exact) mass is 244 g/mol. The van der Waals surface area contributed by atoms with Crippen LogP contribution in [0.2, 0.25) is 0 Å². The molecule has 1 aromatic rings. The molecule has 1 fully saturated rings. The summed E-state index contributed by atoms with van der Waals surface area (Å²) in [5, 5.41) is 6.16. The maximum absolute atomic E-state index is 11.9. The average molecular weight is 244 g/mol. The number of carbonyl (C=O) groups is 1. The van der Waals surface area contributed by atoms with Crippen LogP contribution in [0, 0.1) is 0 Å². The van der Waals surface area contributed by atoms with Crippen LogP contribution < -0.4 is 10.6 Å². The molecule has 0 radical (unpaired) electrons. The first-order valence-electron chi connectivity index (χ1n) is 6.41. The Balaban J connectivity index is 1.86. The summed E-state index contributed by atoms with van der Waals surface area (Å²) in [7, 11) is 0. The van der Waals surface area contributed by atoms with Gasteiger partial charge in [-0.15, -0.1) is 0 Å². The van der Waals surface area contributed by atoms with Crippen molar-refractivity contribution >= 4 is 5.91 Å². The van der Waals surface area contributed by atoms with E-state index in [1.165, 1.54) is 11.1 Å². The van der Waals surface area contributed by atoms with E-state index in [0.717, 1.165) is 18.7 Å². The lowest BCUT2D eigenvalue weighted by atomic mass is 10.0. The van der Waals surface area contributed by atoms with Crippen LogP contribution in [0.15, 0.2) is 41.5 Å². The lowest BCUT2D eigenvalue weighted by Crippen LogP contribution is -2.38. The first-order valence-corrected chi connectivity index (χ1v) is 6.41. The van der Waals surface area contributed by atoms with Gasteiger partial charge < -0.3 is 10.6 Å². The van der Waals surface area contributed by atoms with E-state index in [1.54, 1.807) is 0 Å². The van der Waals surface area contributed by atoms with Gasteiger partial charge in [-0.25, -0.2) is 0 Å². The quantitative estimate of drug-likeness (QED) is 0.793. The molecule has 1 aliphatic rings. The molecule has 1 heterocycles. The molecular formula is C15H20N2O. The number of hydrogen-bond acceptors (Lipinski definition) is 2. The molecule has 96 valence electrons. The Morgan fingerprint density at radius 3 is 2.56 bits per heavy atom. The molecule has 1 saturated heterocycles. The minimum atomic E-state index is 0.0641. The molecule has 3 heteroatoms. The van der Waals surface area contributed by atoms with Crippen molar-refractivity contribution in [3.63, 3.8) is 0 Å². The molecule has 1 aromatic carbocycles. The highest BCUT2D eigenvalue weighted by atomic mass is 16.1. The molecule has 0 saturated carbocycles. The van der Waals surface area contributed by atoms with Gasteiger partial charge >= 0.3 is 0 Å². The molecule has 1 unspecified atom stereocenters. The second-order valence-corrected chi connectivity index (χ2v) is 4.85. The largest absolute Gasteiger partial charge is 0.352 e. The molecule has 1 atom stereocenters. The second kappa shape index (κ2) is 5.83. The van der Waals surface area contributed by atoms with Crippen molar-refractivity contribution in [1.29, 1.82) is 0 Å². The van der Waals surface area contributed by atoms with Crippen LogP contribution in [0.4, 0.5) is 0 Å². The fraction of sp³-hybridized carbons (Fsp3) is 0.400. The van der Waals surface area contributed by atoms with E-state index in [9.17, 15) is 4.79 Å². The van der Waals surface area contributed by atoms with Crippen LogP contribution in [-0.4, -0.2) is 25.5 Å². The number of amides is 1. The van der Waals surface area contributed by atoms with Crippen molar-refractivity contribution in [2.45, 2.75) is 19.8 Å². The third-order valence-corrected chi connectivity index (χ3v) is 3.49. The Morgan fingerprint density at radius 1 is 1.33 bits per heavy atom. The number of rotatable bonds is 4. The summed E-state index contributed by atoms with van der Waals surface area (Å²) < 4.78 is 0. The first kappa shape index (κ1) is 12.8. The minimum absolute atomic E-state index is 0.0641. The summed E-state index contributed by atoms with van der Waals surface area (Å²) in [6, 6.07) is 10.3. The molecule has 18 heavy (non-hydrogen) atoms. The van der Waals surface area contributed by atoms with Gasteiger partial charge in [-0.1, -0.05) is 37.3 Å². The highest BCUT2D eigenvalue weighted by molar-refractivity contribution is 5.94. The maximum atomic E-state index is 11.9. The van der Waals surface area contributed by atoms with Crippen LogP contribution in [0.3, 0.4) is 0 Å². The number of hydrogen-bond donors (Lipinski definition) is 2. The van der Waals surface area contributed by atoms with E-state index in [4.69, 9.17) is 0 Å². The van der Waals surface area contributed by atoms with E-state index >= 15 is 0 Å². The smallest absolute Gasteiger partial charge is 0.246 e. The predicted octanol–water partition coefficient (Wildman–Crippen LogP) is 1.83. The normalized spacial score (nSPS) is 15.8. The van der Waals surface area contributed by atoms with Crippen molar-refractivity contribution in [2.75, 3.05) is 19.6 Å². The fourth-order valence-electron chi connectivity index (χ4n) is 1.95. The highest BCUT2D eigenvalue weighted by Gasteiger charge is 2.16. The van der Waals surface area contributed by atoms with Crippen molar-refractivity contribution < 1.29 is 4.79 Å². The maximum Gasteiger partial charge on any atom is 0.246 e. The molecule has 0 bridgehead atoms. The SMILES string of the molecule is CC(C(=O)NCC(C)c1ccccc1)=C1CNC1. The third kappa shape index (κ3) is 2.99. The summed E-state index contributed by atoms with van der Waals surface area (Å²) in [5.74, 6) is 0.404. The summed E-state index contributed by atoms with van der Waals surface area (Å²) in [6.45, 7) is 6.42. The summed E-state index contributed by atoms with van der Waals surface area (Å²) in [4.78, 5) is 11.9. The summed E-state index contributed by atoms with van der Waals surface area (Å²) in [5.41, 5.74) is 3.35. The van der Waals surface area contributed by atoms with E-state index in [-0.39, 0.29) is 5.91 Å². The Labute approximate surface area is 108 Å². The van der Waals surface area contributed by atoms with Gasteiger partial charge in [-0.05, 0) is 24.0 Å². The average Bonchev–Trinajstić information content (AvgIpc) is 2.34. The topological polar surface area (TPSA) is 41.1 Å².